The fourth-order valence-electron chi connectivity index (χ4n) is 3.22. The zero-order chi connectivity index (χ0) is 15.3. The molecule has 0 amide bonds. The first kappa shape index (κ1) is 16.5. The average Bonchev–Trinajstić information content (AvgIpc) is 2.52. The molecule has 3 nitrogen and oxygen atoms in total. The zero-order valence-electron chi connectivity index (χ0n) is 12.6. The molecule has 0 radical (unpaired) electrons. The number of hydrogen-bond donors (Lipinski definition) is 1. The third-order valence-electron chi connectivity index (χ3n) is 4.56. The van der Waals surface area contributed by atoms with Crippen molar-refractivity contribution in [3.05, 3.63) is 34.3 Å². The highest BCUT2D eigenvalue weighted by Crippen LogP contribution is 2.33. The molecule has 0 saturated heterocycles. The van der Waals surface area contributed by atoms with Crippen molar-refractivity contribution in [3.63, 3.8) is 0 Å². The van der Waals surface area contributed by atoms with E-state index in [4.69, 9.17) is 10.5 Å². The Morgan fingerprint density at radius 2 is 2.10 bits per heavy atom. The van der Waals surface area contributed by atoms with Gasteiger partial charge in [0, 0.05) is 4.47 Å². The summed E-state index contributed by atoms with van der Waals surface area (Å²) in [5.41, 5.74) is 6.24. The van der Waals surface area contributed by atoms with Gasteiger partial charge in [-0.3, -0.25) is 0 Å². The summed E-state index contributed by atoms with van der Waals surface area (Å²) < 4.78 is 5.90. The average molecular weight is 354 g/mol. The lowest BCUT2D eigenvalue weighted by atomic mass is 9.79. The molecular formula is C17H24BrNO2. The van der Waals surface area contributed by atoms with E-state index in [2.05, 4.69) is 15.9 Å². The molecule has 1 aliphatic rings. The van der Waals surface area contributed by atoms with Crippen LogP contribution >= 0.6 is 15.9 Å². The predicted molar refractivity (Wildman–Crippen MR) is 87.8 cm³/mol. The molecule has 21 heavy (non-hydrogen) atoms. The third kappa shape index (κ3) is 4.07. The van der Waals surface area contributed by atoms with E-state index in [0.29, 0.717) is 12.3 Å². The van der Waals surface area contributed by atoms with Crippen molar-refractivity contribution in [3.8, 4) is 0 Å². The Balaban J connectivity index is 2.14. The van der Waals surface area contributed by atoms with E-state index in [9.17, 15) is 4.79 Å². The number of methoxy groups -OCH3 is 1. The monoisotopic (exact) mass is 353 g/mol. The molecule has 0 spiro atoms. The molecule has 2 N–H and O–H groups in total. The second kappa shape index (κ2) is 7.41. The van der Waals surface area contributed by atoms with Gasteiger partial charge in [-0.2, -0.15) is 0 Å². The lowest BCUT2D eigenvalue weighted by molar-refractivity contribution is -0.148. The Bertz CT molecular complexity index is 485. The molecule has 0 aliphatic heterocycles. The van der Waals surface area contributed by atoms with Crippen molar-refractivity contribution >= 4 is 21.9 Å². The van der Waals surface area contributed by atoms with Gasteiger partial charge in [-0.1, -0.05) is 60.2 Å². The van der Waals surface area contributed by atoms with Crippen molar-refractivity contribution in [2.75, 3.05) is 7.11 Å². The fraction of sp³-hybridized carbons (Fsp3) is 0.588. The Kier molecular flexibility index (Phi) is 5.82. The van der Waals surface area contributed by atoms with E-state index in [1.54, 1.807) is 0 Å². The fourth-order valence-corrected chi connectivity index (χ4v) is 3.62. The van der Waals surface area contributed by atoms with Crippen LogP contribution < -0.4 is 5.73 Å². The molecule has 0 aromatic heterocycles. The molecule has 1 aliphatic carbocycles. The van der Waals surface area contributed by atoms with Gasteiger partial charge in [0.1, 0.15) is 5.54 Å². The summed E-state index contributed by atoms with van der Waals surface area (Å²) >= 11 is 3.45. The number of halogens is 1. The highest BCUT2D eigenvalue weighted by atomic mass is 79.9. The van der Waals surface area contributed by atoms with Gasteiger partial charge in [0.25, 0.3) is 0 Å². The molecule has 1 unspecified atom stereocenters. The molecule has 2 rings (SSSR count). The third-order valence-corrected chi connectivity index (χ3v) is 5.05. The van der Waals surface area contributed by atoms with E-state index in [0.717, 1.165) is 16.5 Å². The zero-order valence-corrected chi connectivity index (χ0v) is 14.2. The van der Waals surface area contributed by atoms with E-state index in [1.807, 2.05) is 24.3 Å². The molecule has 1 fully saturated rings. The molecule has 4 heteroatoms. The number of hydrogen-bond acceptors (Lipinski definition) is 3. The van der Waals surface area contributed by atoms with Crippen LogP contribution in [0.1, 0.15) is 50.5 Å². The second-order valence-electron chi connectivity index (χ2n) is 6.02. The Hall–Kier alpha value is -0.870. The van der Waals surface area contributed by atoms with Gasteiger partial charge < -0.3 is 10.5 Å². The highest BCUT2D eigenvalue weighted by molar-refractivity contribution is 9.10. The molecule has 1 atom stereocenters. The van der Waals surface area contributed by atoms with Gasteiger partial charge in [0.05, 0.1) is 7.11 Å². The standard InChI is InChI=1S/C17H24BrNO2/c1-21-16(20)17(19,14-8-5-9-15(18)12-14)11-10-13-6-3-2-4-7-13/h5,8-9,12-13H,2-4,6-7,10-11,19H2,1H3. The minimum Gasteiger partial charge on any atom is -0.467 e. The number of esters is 1. The number of ether oxygens (including phenoxy) is 1. The van der Waals surface area contributed by atoms with Crippen LogP contribution in [0.25, 0.3) is 0 Å². The second-order valence-corrected chi connectivity index (χ2v) is 6.93. The lowest BCUT2D eigenvalue weighted by Gasteiger charge is -2.30. The number of rotatable bonds is 5. The van der Waals surface area contributed by atoms with Crippen molar-refractivity contribution in [2.45, 2.75) is 50.5 Å². The van der Waals surface area contributed by atoms with E-state index < -0.39 is 5.54 Å². The summed E-state index contributed by atoms with van der Waals surface area (Å²) in [4.78, 5) is 12.3. The van der Waals surface area contributed by atoms with Gasteiger partial charge in [-0.25, -0.2) is 4.79 Å². The lowest BCUT2D eigenvalue weighted by Crippen LogP contribution is -2.46. The maximum atomic E-state index is 12.3. The summed E-state index contributed by atoms with van der Waals surface area (Å²) in [6, 6.07) is 7.66. The van der Waals surface area contributed by atoms with E-state index in [1.165, 1.54) is 39.2 Å². The van der Waals surface area contributed by atoms with Crippen LogP contribution in [0.5, 0.6) is 0 Å². The van der Waals surface area contributed by atoms with Crippen LogP contribution in [-0.4, -0.2) is 13.1 Å². The van der Waals surface area contributed by atoms with Gasteiger partial charge in [-0.05, 0) is 36.5 Å². The number of benzene rings is 1. The quantitative estimate of drug-likeness (QED) is 0.809. The van der Waals surface area contributed by atoms with Crippen molar-refractivity contribution in [1.82, 2.24) is 0 Å². The van der Waals surface area contributed by atoms with Crippen LogP contribution in [-0.2, 0) is 15.1 Å². The number of carbonyl (C=O) groups is 1. The van der Waals surface area contributed by atoms with Gasteiger partial charge in [-0.15, -0.1) is 0 Å². The van der Waals surface area contributed by atoms with Crippen LogP contribution in [0, 0.1) is 5.92 Å². The van der Waals surface area contributed by atoms with E-state index in [-0.39, 0.29) is 5.97 Å². The summed E-state index contributed by atoms with van der Waals surface area (Å²) in [6.45, 7) is 0. The van der Waals surface area contributed by atoms with Crippen LogP contribution in [0.3, 0.4) is 0 Å². The largest absolute Gasteiger partial charge is 0.467 e. The normalized spacial score (nSPS) is 19.0. The molecule has 1 aromatic carbocycles. The van der Waals surface area contributed by atoms with Crippen molar-refractivity contribution < 1.29 is 9.53 Å². The Morgan fingerprint density at radius 1 is 1.38 bits per heavy atom. The van der Waals surface area contributed by atoms with Crippen molar-refractivity contribution in [1.29, 1.82) is 0 Å². The Labute approximate surface area is 135 Å². The summed E-state index contributed by atoms with van der Waals surface area (Å²) in [6.07, 6.45) is 8.09. The molecular weight excluding hydrogens is 330 g/mol. The molecule has 0 heterocycles. The molecule has 1 aromatic rings. The van der Waals surface area contributed by atoms with Gasteiger partial charge in [0.15, 0.2) is 0 Å². The van der Waals surface area contributed by atoms with Gasteiger partial charge >= 0.3 is 5.97 Å². The topological polar surface area (TPSA) is 52.3 Å². The van der Waals surface area contributed by atoms with Crippen molar-refractivity contribution in [2.24, 2.45) is 11.7 Å². The maximum absolute atomic E-state index is 12.3. The first-order valence-electron chi connectivity index (χ1n) is 7.69. The summed E-state index contributed by atoms with van der Waals surface area (Å²) in [5, 5.41) is 0. The first-order chi connectivity index (χ1) is 10.1. The van der Waals surface area contributed by atoms with Crippen LogP contribution in [0.2, 0.25) is 0 Å². The van der Waals surface area contributed by atoms with Gasteiger partial charge in [0.2, 0.25) is 0 Å². The smallest absolute Gasteiger partial charge is 0.330 e. The van der Waals surface area contributed by atoms with Crippen LogP contribution in [0.15, 0.2) is 28.7 Å². The maximum Gasteiger partial charge on any atom is 0.330 e. The van der Waals surface area contributed by atoms with Crippen LogP contribution in [0.4, 0.5) is 0 Å². The molecule has 1 saturated carbocycles. The molecule has 0 bridgehead atoms. The Morgan fingerprint density at radius 3 is 2.71 bits per heavy atom. The van der Waals surface area contributed by atoms with E-state index >= 15 is 0 Å². The number of nitrogens with two attached hydrogens (primary N) is 1. The predicted octanol–water partition coefficient (Wildman–Crippen LogP) is 4.14. The number of carbonyl (C=O) groups excluding carboxylic acids is 1. The SMILES string of the molecule is COC(=O)C(N)(CCC1CCCCC1)c1cccc(Br)c1. The summed E-state index contributed by atoms with van der Waals surface area (Å²) in [5.74, 6) is 0.342. The minimum absolute atomic E-state index is 0.351. The molecule has 116 valence electrons. The minimum atomic E-state index is -1.05. The first-order valence-corrected chi connectivity index (χ1v) is 8.49. The highest BCUT2D eigenvalue weighted by Gasteiger charge is 2.37. The summed E-state index contributed by atoms with van der Waals surface area (Å²) in [7, 11) is 1.41.